The summed E-state index contributed by atoms with van der Waals surface area (Å²) in [6.07, 6.45) is 0. The Labute approximate surface area is 115 Å². The summed E-state index contributed by atoms with van der Waals surface area (Å²) in [6.45, 7) is 3.93. The Balaban J connectivity index is 2.65. The van der Waals surface area contributed by atoms with Crippen LogP contribution in [0.25, 0.3) is 20.4 Å². The summed E-state index contributed by atoms with van der Waals surface area (Å²) in [6, 6.07) is 0. The van der Waals surface area contributed by atoms with Gasteiger partial charge in [-0.1, -0.05) is 5.21 Å². The first-order valence-corrected chi connectivity index (χ1v) is 6.90. The van der Waals surface area contributed by atoms with E-state index in [0.717, 1.165) is 25.9 Å². The number of aryl methyl sites for hydroxylation is 3. The minimum Gasteiger partial charge on any atom is -0.266 e. The Hall–Kier alpha value is -1.34. The van der Waals surface area contributed by atoms with Crippen molar-refractivity contribution in [2.75, 3.05) is 0 Å². The fraction of sp³-hybridized carbons (Fsp3) is 0.273. The Morgan fingerprint density at radius 3 is 2.78 bits per heavy atom. The molecule has 0 unspecified atom stereocenters. The van der Waals surface area contributed by atoms with Crippen molar-refractivity contribution in [3.05, 3.63) is 26.1 Å². The maximum atomic E-state index is 12.0. The molecule has 0 atom stereocenters. The van der Waals surface area contributed by atoms with Gasteiger partial charge in [-0.3, -0.25) is 4.79 Å². The van der Waals surface area contributed by atoms with Crippen LogP contribution >= 0.6 is 27.3 Å². The van der Waals surface area contributed by atoms with E-state index in [0.29, 0.717) is 10.2 Å². The molecule has 0 aliphatic heterocycles. The van der Waals surface area contributed by atoms with Crippen molar-refractivity contribution in [2.24, 2.45) is 7.05 Å². The van der Waals surface area contributed by atoms with Gasteiger partial charge < -0.3 is 0 Å². The summed E-state index contributed by atoms with van der Waals surface area (Å²) in [5.41, 5.74) is 2.47. The van der Waals surface area contributed by atoms with Crippen LogP contribution in [0.4, 0.5) is 0 Å². The molecule has 0 aromatic carbocycles. The average Bonchev–Trinajstić information content (AvgIpc) is 2.70. The van der Waals surface area contributed by atoms with E-state index in [9.17, 15) is 4.79 Å². The molecule has 3 aromatic heterocycles. The highest BCUT2D eigenvalue weighted by atomic mass is 79.9. The Kier molecular flexibility index (Phi) is 2.49. The van der Waals surface area contributed by atoms with E-state index in [1.807, 2.05) is 13.8 Å². The fourth-order valence-corrected chi connectivity index (χ4v) is 3.42. The molecule has 18 heavy (non-hydrogen) atoms. The molecule has 3 aromatic rings. The summed E-state index contributed by atoms with van der Waals surface area (Å²) in [4.78, 5) is 17.3. The van der Waals surface area contributed by atoms with Gasteiger partial charge in [-0.15, -0.1) is 16.4 Å². The zero-order valence-electron chi connectivity index (χ0n) is 9.98. The molecule has 0 amide bonds. The summed E-state index contributed by atoms with van der Waals surface area (Å²) >= 11 is 4.89. The first kappa shape index (κ1) is 11.7. The first-order valence-electron chi connectivity index (χ1n) is 5.29. The molecule has 5 nitrogen and oxygen atoms in total. The number of pyridine rings is 1. The second-order valence-corrected chi connectivity index (χ2v) is 5.91. The predicted octanol–water partition coefficient (Wildman–Crippen LogP) is 2.32. The fourth-order valence-electron chi connectivity index (χ4n) is 1.95. The lowest BCUT2D eigenvalue weighted by molar-refractivity contribution is 0.658. The number of nitrogens with zero attached hydrogens (tertiary/aromatic N) is 4. The molecule has 0 aliphatic carbocycles. The van der Waals surface area contributed by atoms with Crippen LogP contribution in [0.5, 0.6) is 0 Å². The van der Waals surface area contributed by atoms with Crippen molar-refractivity contribution in [2.45, 2.75) is 13.8 Å². The molecular weight excluding hydrogens is 316 g/mol. The van der Waals surface area contributed by atoms with Gasteiger partial charge in [-0.25, -0.2) is 9.67 Å². The van der Waals surface area contributed by atoms with Gasteiger partial charge in [0.1, 0.15) is 15.0 Å². The zero-order chi connectivity index (χ0) is 13.0. The molecule has 0 bridgehead atoms. The molecule has 3 rings (SSSR count). The molecule has 0 aliphatic rings. The monoisotopic (exact) mass is 324 g/mol. The van der Waals surface area contributed by atoms with Crippen LogP contribution in [-0.4, -0.2) is 20.0 Å². The third-order valence-corrected chi connectivity index (χ3v) is 5.15. The standard InChI is InChI=1S/C11H9BrN4OS/c1-4-6-8-9(11(17)16(3)15-14-8)18-10(6)13-5(2)7(4)12/h1-3H3. The van der Waals surface area contributed by atoms with Gasteiger partial charge in [0.2, 0.25) is 0 Å². The topological polar surface area (TPSA) is 60.7 Å². The van der Waals surface area contributed by atoms with Gasteiger partial charge in [0.25, 0.3) is 5.56 Å². The summed E-state index contributed by atoms with van der Waals surface area (Å²) in [5, 5.41) is 8.88. The number of hydrogen-bond acceptors (Lipinski definition) is 5. The van der Waals surface area contributed by atoms with E-state index >= 15 is 0 Å². The van der Waals surface area contributed by atoms with Crippen molar-refractivity contribution < 1.29 is 0 Å². The van der Waals surface area contributed by atoms with Crippen LogP contribution in [-0.2, 0) is 7.05 Å². The van der Waals surface area contributed by atoms with E-state index < -0.39 is 0 Å². The lowest BCUT2D eigenvalue weighted by Gasteiger charge is -2.03. The highest BCUT2D eigenvalue weighted by molar-refractivity contribution is 9.10. The van der Waals surface area contributed by atoms with Crippen molar-refractivity contribution in [3.8, 4) is 0 Å². The number of halogens is 1. The second kappa shape index (κ2) is 3.83. The average molecular weight is 325 g/mol. The Bertz CT molecular complexity index is 852. The molecule has 92 valence electrons. The van der Waals surface area contributed by atoms with Gasteiger partial charge in [0.15, 0.2) is 0 Å². The van der Waals surface area contributed by atoms with Gasteiger partial charge in [0, 0.05) is 16.9 Å². The number of hydrogen-bond donors (Lipinski definition) is 0. The molecule has 0 radical (unpaired) electrons. The van der Waals surface area contributed by atoms with Crippen molar-refractivity contribution in [1.29, 1.82) is 0 Å². The SMILES string of the molecule is Cc1nc2sc3c(=O)n(C)nnc3c2c(C)c1Br. The Morgan fingerprint density at radius 1 is 1.33 bits per heavy atom. The van der Waals surface area contributed by atoms with Gasteiger partial charge in [-0.05, 0) is 35.3 Å². The van der Waals surface area contributed by atoms with Crippen LogP contribution in [0.15, 0.2) is 9.27 Å². The summed E-state index contributed by atoms with van der Waals surface area (Å²) in [7, 11) is 1.60. The highest BCUT2D eigenvalue weighted by Gasteiger charge is 2.17. The number of thiophene rings is 1. The molecular formula is C11H9BrN4OS. The molecule has 7 heteroatoms. The van der Waals surface area contributed by atoms with Crippen molar-refractivity contribution in [3.63, 3.8) is 0 Å². The maximum absolute atomic E-state index is 12.0. The number of fused-ring (bicyclic) bond motifs is 3. The van der Waals surface area contributed by atoms with Crippen LogP contribution in [0.3, 0.4) is 0 Å². The van der Waals surface area contributed by atoms with E-state index in [1.54, 1.807) is 7.05 Å². The minimum absolute atomic E-state index is 0.129. The van der Waals surface area contributed by atoms with E-state index in [-0.39, 0.29) is 5.56 Å². The Morgan fingerprint density at radius 2 is 2.06 bits per heavy atom. The first-order chi connectivity index (χ1) is 8.50. The molecule has 0 saturated heterocycles. The zero-order valence-corrected chi connectivity index (χ0v) is 12.4. The van der Waals surface area contributed by atoms with E-state index in [4.69, 9.17) is 0 Å². The van der Waals surface area contributed by atoms with Crippen molar-refractivity contribution in [1.82, 2.24) is 20.0 Å². The van der Waals surface area contributed by atoms with Crippen LogP contribution in [0, 0.1) is 13.8 Å². The van der Waals surface area contributed by atoms with Gasteiger partial charge in [-0.2, -0.15) is 0 Å². The van der Waals surface area contributed by atoms with Crippen LogP contribution in [0.1, 0.15) is 11.3 Å². The minimum atomic E-state index is -0.129. The highest BCUT2D eigenvalue weighted by Crippen LogP contribution is 2.35. The predicted molar refractivity (Wildman–Crippen MR) is 75.1 cm³/mol. The molecule has 3 heterocycles. The van der Waals surface area contributed by atoms with Crippen molar-refractivity contribution >= 4 is 47.7 Å². The normalized spacial score (nSPS) is 11.6. The van der Waals surface area contributed by atoms with Gasteiger partial charge in [0.05, 0.1) is 5.69 Å². The van der Waals surface area contributed by atoms with Crippen LogP contribution in [0.2, 0.25) is 0 Å². The number of aromatic nitrogens is 4. The molecule has 0 saturated carbocycles. The van der Waals surface area contributed by atoms with E-state index in [1.165, 1.54) is 16.0 Å². The molecule has 0 fully saturated rings. The largest absolute Gasteiger partial charge is 0.287 e. The van der Waals surface area contributed by atoms with Crippen LogP contribution < -0.4 is 5.56 Å². The van der Waals surface area contributed by atoms with E-state index in [2.05, 4.69) is 31.2 Å². The quantitative estimate of drug-likeness (QED) is 0.636. The smallest absolute Gasteiger partial charge is 0.266 e. The molecule has 0 spiro atoms. The van der Waals surface area contributed by atoms with Gasteiger partial charge >= 0.3 is 0 Å². The summed E-state index contributed by atoms with van der Waals surface area (Å²) in [5.74, 6) is 0. The number of rotatable bonds is 0. The second-order valence-electron chi connectivity index (χ2n) is 4.11. The lowest BCUT2D eigenvalue weighted by Crippen LogP contribution is -2.19. The molecule has 0 N–H and O–H groups in total. The third-order valence-electron chi connectivity index (χ3n) is 2.92. The summed E-state index contributed by atoms with van der Waals surface area (Å²) < 4.78 is 2.81. The maximum Gasteiger partial charge on any atom is 0.287 e. The lowest BCUT2D eigenvalue weighted by atomic mass is 10.1. The third kappa shape index (κ3) is 1.44.